The number of nitrogens with one attached hydrogen (secondary N) is 1. The second-order valence-electron chi connectivity index (χ2n) is 5.20. The lowest BCUT2D eigenvalue weighted by Crippen LogP contribution is -2.19. The minimum Gasteiger partial charge on any atom is -0.480 e. The molecule has 5 nitrogen and oxygen atoms in total. The molecule has 1 rings (SSSR count). The molecule has 0 aliphatic rings. The predicted octanol–water partition coefficient (Wildman–Crippen LogP) is 3.50. The zero-order valence-electron chi connectivity index (χ0n) is 13.8. The van der Waals surface area contributed by atoms with Gasteiger partial charge in [0, 0.05) is 0 Å². The summed E-state index contributed by atoms with van der Waals surface area (Å²) in [4.78, 5) is 8.75. The van der Waals surface area contributed by atoms with E-state index in [1.54, 1.807) is 20.4 Å². The van der Waals surface area contributed by atoms with Crippen molar-refractivity contribution >= 4 is 0 Å². The molecule has 0 fully saturated rings. The first kappa shape index (κ1) is 17.7. The number of nitrogens with zero attached hydrogens (tertiary/aromatic N) is 2. The molecule has 0 aromatic carbocycles. The van der Waals surface area contributed by atoms with Gasteiger partial charge in [0.05, 0.1) is 26.5 Å². The van der Waals surface area contributed by atoms with Gasteiger partial charge in [0.25, 0.3) is 0 Å². The molecule has 21 heavy (non-hydrogen) atoms. The van der Waals surface area contributed by atoms with Gasteiger partial charge in [-0.1, -0.05) is 45.4 Å². The van der Waals surface area contributed by atoms with E-state index in [1.807, 2.05) is 7.05 Å². The molecule has 1 heterocycles. The lowest BCUT2D eigenvalue weighted by molar-refractivity contribution is 0.347. The molecule has 0 saturated carbocycles. The summed E-state index contributed by atoms with van der Waals surface area (Å²) in [5.74, 6) is 1.02. The first-order valence-electron chi connectivity index (χ1n) is 7.89. The molecule has 120 valence electrons. The molecular formula is C16H29N3O2. The fourth-order valence-electron chi connectivity index (χ4n) is 2.40. The normalized spacial score (nSPS) is 12.2. The molecule has 0 saturated heterocycles. The summed E-state index contributed by atoms with van der Waals surface area (Å²) in [6.45, 7) is 2.24. The smallest absolute Gasteiger partial charge is 0.240 e. The van der Waals surface area contributed by atoms with Gasteiger partial charge >= 0.3 is 0 Å². The van der Waals surface area contributed by atoms with Crippen molar-refractivity contribution in [3.63, 3.8) is 0 Å². The van der Waals surface area contributed by atoms with Crippen molar-refractivity contribution in [2.45, 2.75) is 57.9 Å². The number of hydrogen-bond donors (Lipinski definition) is 1. The minimum atomic E-state index is 0.171. The fourth-order valence-corrected chi connectivity index (χ4v) is 2.40. The van der Waals surface area contributed by atoms with E-state index in [-0.39, 0.29) is 6.04 Å². The number of hydrogen-bond acceptors (Lipinski definition) is 5. The molecule has 0 radical (unpaired) electrons. The minimum absolute atomic E-state index is 0.171. The number of ether oxygens (including phenoxy) is 2. The third-order valence-electron chi connectivity index (χ3n) is 3.67. The van der Waals surface area contributed by atoms with Crippen molar-refractivity contribution in [3.8, 4) is 11.8 Å². The highest BCUT2D eigenvalue weighted by Crippen LogP contribution is 2.26. The Bertz CT molecular complexity index is 399. The highest BCUT2D eigenvalue weighted by Gasteiger charge is 2.18. The molecule has 0 amide bonds. The standard InChI is InChI=1S/C16H29N3O2/c1-5-6-7-8-9-10-11-13(17-2)15-16(21-4)19-14(20-3)12-18-15/h12-13,17H,5-11H2,1-4H3. The fraction of sp³-hybridized carbons (Fsp3) is 0.750. The first-order chi connectivity index (χ1) is 10.3. The van der Waals surface area contributed by atoms with Crippen molar-refractivity contribution in [1.29, 1.82) is 0 Å². The van der Waals surface area contributed by atoms with Gasteiger partial charge in [0.15, 0.2) is 0 Å². The molecule has 5 heteroatoms. The van der Waals surface area contributed by atoms with Crippen LogP contribution in [0.25, 0.3) is 0 Å². The number of unbranched alkanes of at least 4 members (excludes halogenated alkanes) is 5. The molecule has 1 unspecified atom stereocenters. The third kappa shape index (κ3) is 5.87. The van der Waals surface area contributed by atoms with Crippen LogP contribution in [0.4, 0.5) is 0 Å². The quantitative estimate of drug-likeness (QED) is 0.633. The van der Waals surface area contributed by atoms with Crippen LogP contribution < -0.4 is 14.8 Å². The van der Waals surface area contributed by atoms with E-state index in [0.717, 1.165) is 12.1 Å². The Labute approximate surface area is 128 Å². The Morgan fingerprint density at radius 3 is 2.43 bits per heavy atom. The largest absolute Gasteiger partial charge is 0.480 e. The second kappa shape index (κ2) is 10.4. The van der Waals surface area contributed by atoms with Gasteiger partial charge in [-0.25, -0.2) is 4.98 Å². The molecule has 0 aliphatic carbocycles. The second-order valence-corrected chi connectivity index (χ2v) is 5.20. The first-order valence-corrected chi connectivity index (χ1v) is 7.89. The summed E-state index contributed by atoms with van der Waals surface area (Å²) in [6, 6.07) is 0.171. The maximum atomic E-state index is 5.34. The zero-order chi connectivity index (χ0) is 15.5. The number of rotatable bonds is 11. The van der Waals surface area contributed by atoms with Crippen LogP contribution in [0.15, 0.2) is 6.20 Å². The number of aromatic nitrogens is 2. The molecule has 0 aliphatic heterocycles. The van der Waals surface area contributed by atoms with Crippen LogP contribution in [0.5, 0.6) is 11.8 Å². The van der Waals surface area contributed by atoms with Crippen LogP contribution >= 0.6 is 0 Å². The average Bonchev–Trinajstić information content (AvgIpc) is 2.54. The SMILES string of the molecule is CCCCCCCCC(NC)c1ncc(OC)nc1OC. The van der Waals surface area contributed by atoms with Crippen molar-refractivity contribution in [2.75, 3.05) is 21.3 Å². The molecule has 0 spiro atoms. The Hall–Kier alpha value is -1.36. The van der Waals surface area contributed by atoms with Gasteiger partial charge < -0.3 is 14.8 Å². The summed E-state index contributed by atoms with van der Waals surface area (Å²) in [5.41, 5.74) is 0.856. The van der Waals surface area contributed by atoms with Crippen LogP contribution in [0.1, 0.15) is 63.6 Å². The summed E-state index contributed by atoms with van der Waals surface area (Å²) in [5, 5.41) is 3.31. The molecule has 1 atom stereocenters. The van der Waals surface area contributed by atoms with E-state index in [2.05, 4.69) is 22.2 Å². The Morgan fingerprint density at radius 2 is 1.81 bits per heavy atom. The van der Waals surface area contributed by atoms with E-state index in [0.29, 0.717) is 11.8 Å². The van der Waals surface area contributed by atoms with Crippen LogP contribution in [0.3, 0.4) is 0 Å². The van der Waals surface area contributed by atoms with Gasteiger partial charge in [-0.05, 0) is 13.5 Å². The molecular weight excluding hydrogens is 266 g/mol. The Kier molecular flexibility index (Phi) is 8.74. The maximum absolute atomic E-state index is 5.34. The van der Waals surface area contributed by atoms with Crippen molar-refractivity contribution < 1.29 is 9.47 Å². The summed E-state index contributed by atoms with van der Waals surface area (Å²) < 4.78 is 10.4. The van der Waals surface area contributed by atoms with Crippen LogP contribution in [0, 0.1) is 0 Å². The number of methoxy groups -OCH3 is 2. The molecule has 1 aromatic heterocycles. The molecule has 1 N–H and O–H groups in total. The highest BCUT2D eigenvalue weighted by molar-refractivity contribution is 5.25. The van der Waals surface area contributed by atoms with Gasteiger partial charge in [-0.15, -0.1) is 0 Å². The van der Waals surface area contributed by atoms with Gasteiger partial charge in [-0.2, -0.15) is 4.98 Å². The van der Waals surface area contributed by atoms with Crippen molar-refractivity contribution in [3.05, 3.63) is 11.9 Å². The lowest BCUT2D eigenvalue weighted by Gasteiger charge is -2.17. The van der Waals surface area contributed by atoms with E-state index in [1.165, 1.54) is 38.5 Å². The lowest BCUT2D eigenvalue weighted by atomic mass is 10.0. The van der Waals surface area contributed by atoms with Crippen LogP contribution in [-0.2, 0) is 0 Å². The molecule has 0 bridgehead atoms. The van der Waals surface area contributed by atoms with E-state index >= 15 is 0 Å². The van der Waals surface area contributed by atoms with Crippen molar-refractivity contribution in [1.82, 2.24) is 15.3 Å². The highest BCUT2D eigenvalue weighted by atomic mass is 16.5. The monoisotopic (exact) mass is 295 g/mol. The van der Waals surface area contributed by atoms with E-state index in [9.17, 15) is 0 Å². The van der Waals surface area contributed by atoms with E-state index in [4.69, 9.17) is 9.47 Å². The topological polar surface area (TPSA) is 56.3 Å². The van der Waals surface area contributed by atoms with Crippen LogP contribution in [0.2, 0.25) is 0 Å². The van der Waals surface area contributed by atoms with Gasteiger partial charge in [0.1, 0.15) is 5.69 Å². The summed E-state index contributed by atoms with van der Waals surface area (Å²) in [7, 11) is 5.15. The summed E-state index contributed by atoms with van der Waals surface area (Å²) in [6.07, 6.45) is 10.4. The average molecular weight is 295 g/mol. The summed E-state index contributed by atoms with van der Waals surface area (Å²) >= 11 is 0. The Balaban J connectivity index is 2.55. The van der Waals surface area contributed by atoms with Crippen molar-refractivity contribution in [2.24, 2.45) is 0 Å². The zero-order valence-corrected chi connectivity index (χ0v) is 13.8. The van der Waals surface area contributed by atoms with E-state index < -0.39 is 0 Å². The maximum Gasteiger partial charge on any atom is 0.240 e. The molecule has 1 aromatic rings. The Morgan fingerprint density at radius 1 is 1.10 bits per heavy atom. The van der Waals surface area contributed by atoms with Gasteiger partial charge in [-0.3, -0.25) is 0 Å². The third-order valence-corrected chi connectivity index (χ3v) is 3.67. The van der Waals surface area contributed by atoms with Gasteiger partial charge in [0.2, 0.25) is 11.8 Å². The van der Waals surface area contributed by atoms with Crippen LogP contribution in [-0.4, -0.2) is 31.2 Å². The predicted molar refractivity (Wildman–Crippen MR) is 84.9 cm³/mol.